The fourth-order valence-corrected chi connectivity index (χ4v) is 5.07. The average Bonchev–Trinajstić information content (AvgIpc) is 3.50. The number of hydrogen-bond donors (Lipinski definition) is 1. The van der Waals surface area contributed by atoms with E-state index in [1.54, 1.807) is 34.7 Å². The summed E-state index contributed by atoms with van der Waals surface area (Å²) in [5, 5.41) is 5.18. The van der Waals surface area contributed by atoms with Crippen LogP contribution in [-0.4, -0.2) is 69.8 Å². The van der Waals surface area contributed by atoms with Crippen LogP contribution in [0.25, 0.3) is 22.6 Å². The Morgan fingerprint density at radius 1 is 1.08 bits per heavy atom. The molecule has 12 heteroatoms. The van der Waals surface area contributed by atoms with Crippen LogP contribution in [0.3, 0.4) is 0 Å². The summed E-state index contributed by atoms with van der Waals surface area (Å²) in [5.41, 5.74) is 0.634. The molecule has 2 saturated heterocycles. The summed E-state index contributed by atoms with van der Waals surface area (Å²) in [6, 6.07) is 9.93. The molecule has 37 heavy (non-hydrogen) atoms. The van der Waals surface area contributed by atoms with Crippen molar-refractivity contribution in [1.29, 1.82) is 0 Å². The monoisotopic (exact) mass is 527 g/mol. The Morgan fingerprint density at radius 2 is 1.89 bits per heavy atom. The number of amides is 2. The predicted octanol–water partition coefficient (Wildman–Crippen LogP) is 3.91. The van der Waals surface area contributed by atoms with Gasteiger partial charge in [-0.1, -0.05) is 6.07 Å². The Balaban J connectivity index is 1.06. The number of halogens is 3. The lowest BCUT2D eigenvalue weighted by molar-refractivity contribution is -0.137. The highest BCUT2D eigenvalue weighted by Crippen LogP contribution is 2.33. The van der Waals surface area contributed by atoms with E-state index in [0.29, 0.717) is 34.8 Å². The number of aromatic nitrogens is 2. The van der Waals surface area contributed by atoms with Gasteiger partial charge in [0.25, 0.3) is 11.8 Å². The van der Waals surface area contributed by atoms with Crippen molar-refractivity contribution in [2.75, 3.05) is 26.2 Å². The molecule has 4 aromatic rings. The summed E-state index contributed by atoms with van der Waals surface area (Å²) in [5.74, 6) is -0.252. The third kappa shape index (κ3) is 4.58. The molecule has 8 nitrogen and oxygen atoms in total. The van der Waals surface area contributed by atoms with Crippen molar-refractivity contribution in [3.8, 4) is 11.5 Å². The molecule has 0 aliphatic carbocycles. The molecule has 0 radical (unpaired) electrons. The van der Waals surface area contributed by atoms with Gasteiger partial charge in [-0.2, -0.15) is 13.2 Å². The van der Waals surface area contributed by atoms with E-state index < -0.39 is 11.7 Å². The molecule has 6 rings (SSSR count). The highest BCUT2D eigenvalue weighted by molar-refractivity contribution is 7.11. The van der Waals surface area contributed by atoms with Gasteiger partial charge in [-0.3, -0.25) is 14.5 Å². The van der Waals surface area contributed by atoms with Gasteiger partial charge in [0.1, 0.15) is 5.52 Å². The highest BCUT2D eigenvalue weighted by atomic mass is 32.1. The number of thiazole rings is 1. The molecule has 2 aromatic carbocycles. The maximum atomic E-state index is 13.1. The first-order valence-electron chi connectivity index (χ1n) is 11.6. The van der Waals surface area contributed by atoms with Gasteiger partial charge in [0.15, 0.2) is 10.6 Å². The molecule has 2 fully saturated rings. The molecule has 0 unspecified atom stereocenters. The Kier molecular flexibility index (Phi) is 5.72. The second-order valence-electron chi connectivity index (χ2n) is 9.11. The van der Waals surface area contributed by atoms with Crippen LogP contribution >= 0.6 is 11.3 Å². The third-order valence-electron chi connectivity index (χ3n) is 6.61. The van der Waals surface area contributed by atoms with Gasteiger partial charge >= 0.3 is 6.18 Å². The summed E-state index contributed by atoms with van der Waals surface area (Å²) in [6.45, 7) is 2.62. The van der Waals surface area contributed by atoms with Crippen molar-refractivity contribution in [1.82, 2.24) is 25.1 Å². The van der Waals surface area contributed by atoms with E-state index >= 15 is 0 Å². The number of carbonyl (C=O) groups is 2. The van der Waals surface area contributed by atoms with Crippen LogP contribution in [-0.2, 0) is 6.18 Å². The van der Waals surface area contributed by atoms with Crippen molar-refractivity contribution >= 4 is 34.3 Å². The Hall–Kier alpha value is -3.77. The lowest BCUT2D eigenvalue weighted by Crippen LogP contribution is -2.70. The van der Waals surface area contributed by atoms with E-state index in [9.17, 15) is 22.8 Å². The summed E-state index contributed by atoms with van der Waals surface area (Å²) in [4.78, 5) is 37.3. The summed E-state index contributed by atoms with van der Waals surface area (Å²) in [7, 11) is 0. The lowest BCUT2D eigenvalue weighted by atomic mass is 9.98. The maximum absolute atomic E-state index is 13.1. The molecular weight excluding hydrogens is 507 g/mol. The number of fused-ring (bicyclic) bond motifs is 1. The van der Waals surface area contributed by atoms with Crippen LogP contribution in [0, 0.1) is 0 Å². The summed E-state index contributed by atoms with van der Waals surface area (Å²) >= 11 is 1.30. The van der Waals surface area contributed by atoms with Gasteiger partial charge < -0.3 is 14.6 Å². The van der Waals surface area contributed by atoms with Crippen molar-refractivity contribution in [2.24, 2.45) is 0 Å². The molecular formula is C25H20F3N5O3S. The average molecular weight is 528 g/mol. The zero-order valence-corrected chi connectivity index (χ0v) is 20.1. The number of hydrogen-bond acceptors (Lipinski definition) is 7. The smallest absolute Gasteiger partial charge is 0.416 e. The number of carbonyl (C=O) groups excluding carboxylic acids is 2. The minimum Gasteiger partial charge on any atom is -0.436 e. The number of likely N-dealkylation sites (tertiary alicyclic amines) is 2. The molecule has 2 amide bonds. The number of oxazole rings is 1. The van der Waals surface area contributed by atoms with Gasteiger partial charge in [0.05, 0.1) is 11.6 Å². The van der Waals surface area contributed by atoms with Crippen molar-refractivity contribution in [3.63, 3.8) is 0 Å². The van der Waals surface area contributed by atoms with E-state index in [0.717, 1.165) is 25.2 Å². The zero-order valence-electron chi connectivity index (χ0n) is 19.2. The second-order valence-corrected chi connectivity index (χ2v) is 10.0. The molecule has 0 bridgehead atoms. The van der Waals surface area contributed by atoms with E-state index in [1.807, 2.05) is 0 Å². The zero-order chi connectivity index (χ0) is 25.7. The SMILES string of the molecule is O=C(NC1CN(C2CN(C(=O)c3ccc4nc(-c5cccc(C(F)(F)F)c5)oc4c3)C2)C1)c1nccs1. The second kappa shape index (κ2) is 8.96. The first kappa shape index (κ1) is 23.6. The van der Waals surface area contributed by atoms with Crippen LogP contribution < -0.4 is 5.32 Å². The van der Waals surface area contributed by atoms with Crippen LogP contribution in [0.15, 0.2) is 58.5 Å². The fraction of sp³-hybridized carbons (Fsp3) is 0.280. The Bertz CT molecular complexity index is 1470. The van der Waals surface area contributed by atoms with Gasteiger partial charge in [-0.05, 0) is 36.4 Å². The lowest BCUT2D eigenvalue weighted by Gasteiger charge is -2.51. The minimum absolute atomic E-state index is 0.0593. The van der Waals surface area contributed by atoms with E-state index in [1.165, 1.54) is 23.5 Å². The Labute approximate surface area is 212 Å². The summed E-state index contributed by atoms with van der Waals surface area (Å²) in [6.07, 6.45) is -2.87. The molecule has 4 heterocycles. The number of rotatable bonds is 5. The van der Waals surface area contributed by atoms with Gasteiger partial charge in [0.2, 0.25) is 5.89 Å². The molecule has 190 valence electrons. The molecule has 0 saturated carbocycles. The first-order chi connectivity index (χ1) is 17.7. The third-order valence-corrected chi connectivity index (χ3v) is 7.38. The van der Waals surface area contributed by atoms with E-state index in [4.69, 9.17) is 4.42 Å². The minimum atomic E-state index is -4.47. The highest BCUT2D eigenvalue weighted by Gasteiger charge is 2.41. The number of benzene rings is 2. The van der Waals surface area contributed by atoms with Crippen molar-refractivity contribution in [2.45, 2.75) is 18.3 Å². The summed E-state index contributed by atoms with van der Waals surface area (Å²) < 4.78 is 44.9. The molecule has 1 N–H and O–H groups in total. The number of alkyl halides is 3. The van der Waals surface area contributed by atoms with Gasteiger partial charge in [-0.25, -0.2) is 9.97 Å². The van der Waals surface area contributed by atoms with E-state index in [-0.39, 0.29) is 35.4 Å². The van der Waals surface area contributed by atoms with Gasteiger partial charge in [-0.15, -0.1) is 11.3 Å². The van der Waals surface area contributed by atoms with Crippen molar-refractivity contribution in [3.05, 3.63) is 70.2 Å². The fourth-order valence-electron chi connectivity index (χ4n) is 4.53. The number of nitrogens with one attached hydrogen (secondary N) is 1. The Morgan fingerprint density at radius 3 is 2.62 bits per heavy atom. The molecule has 0 spiro atoms. The normalized spacial score (nSPS) is 17.0. The van der Waals surface area contributed by atoms with Crippen LogP contribution in [0.1, 0.15) is 25.7 Å². The van der Waals surface area contributed by atoms with Crippen LogP contribution in [0.4, 0.5) is 13.2 Å². The molecule has 0 atom stereocenters. The van der Waals surface area contributed by atoms with Crippen LogP contribution in [0.2, 0.25) is 0 Å². The van der Waals surface area contributed by atoms with Crippen LogP contribution in [0.5, 0.6) is 0 Å². The molecule has 2 aliphatic heterocycles. The molecule has 2 aliphatic rings. The van der Waals surface area contributed by atoms with E-state index in [2.05, 4.69) is 20.2 Å². The first-order valence-corrected chi connectivity index (χ1v) is 12.4. The predicted molar refractivity (Wildman–Crippen MR) is 129 cm³/mol. The quantitative estimate of drug-likeness (QED) is 0.423. The maximum Gasteiger partial charge on any atom is 0.416 e. The standard InChI is InChI=1S/C25H20F3N5O3S/c26-25(27,28)16-3-1-2-14(8-16)22-31-19-5-4-15(9-20(19)36-22)24(35)33-12-18(13-33)32-10-17(11-32)30-21(34)23-29-6-7-37-23/h1-9,17-18H,10-13H2,(H,30,34). The largest absolute Gasteiger partial charge is 0.436 e. The van der Waals surface area contributed by atoms with Crippen molar-refractivity contribution < 1.29 is 27.2 Å². The topological polar surface area (TPSA) is 91.6 Å². The van der Waals surface area contributed by atoms with Gasteiger partial charge in [0, 0.05) is 54.9 Å². The number of nitrogens with zero attached hydrogens (tertiary/aromatic N) is 4. The molecule has 2 aromatic heterocycles.